The number of aromatic nitrogens is 1. The van der Waals surface area contributed by atoms with Crippen molar-refractivity contribution in [2.24, 2.45) is 0 Å². The number of carbonyl (C=O) groups excluding carboxylic acids is 2. The van der Waals surface area contributed by atoms with Gasteiger partial charge in [0.05, 0.1) is 6.54 Å². The van der Waals surface area contributed by atoms with Crippen LogP contribution in [0.15, 0.2) is 59.3 Å². The Balaban J connectivity index is 1.30. The van der Waals surface area contributed by atoms with Gasteiger partial charge in [-0.1, -0.05) is 48.5 Å². The molecule has 0 spiro atoms. The lowest BCUT2D eigenvalue weighted by molar-refractivity contribution is -0.137. The van der Waals surface area contributed by atoms with E-state index in [-0.39, 0.29) is 43.5 Å². The maximum Gasteiger partial charge on any atom is 0.407 e. The van der Waals surface area contributed by atoms with Gasteiger partial charge in [-0.25, -0.2) is 9.78 Å². The molecule has 3 aromatic rings. The standard InChI is InChI=1S/C24H23N3O6/c28-21(29)10-5-11-25-23(30)22-20(33-14-27-22)12-26-24(31)32-13-19-17-8-3-1-6-15(17)16-7-2-4-9-18(16)19/h1-4,6-9,14,19H,5,10-13H2,(H,25,30)(H,26,31)(H,28,29). The van der Waals surface area contributed by atoms with Crippen LogP contribution in [0.5, 0.6) is 0 Å². The summed E-state index contributed by atoms with van der Waals surface area (Å²) in [5.74, 6) is -1.31. The van der Waals surface area contributed by atoms with Crippen LogP contribution in [0.25, 0.3) is 11.1 Å². The number of benzene rings is 2. The SMILES string of the molecule is O=C(O)CCCNC(=O)c1ncoc1CNC(=O)OCC1c2ccccc2-c2ccccc21. The second-order valence-electron chi connectivity index (χ2n) is 7.56. The molecule has 1 aliphatic rings. The van der Waals surface area contributed by atoms with Crippen molar-refractivity contribution in [2.75, 3.05) is 13.2 Å². The number of fused-ring (bicyclic) bond motifs is 3. The van der Waals surface area contributed by atoms with Gasteiger partial charge < -0.3 is 24.9 Å². The van der Waals surface area contributed by atoms with Gasteiger partial charge in [-0.15, -0.1) is 0 Å². The molecule has 33 heavy (non-hydrogen) atoms. The molecule has 0 radical (unpaired) electrons. The maximum absolute atomic E-state index is 12.3. The molecule has 0 saturated heterocycles. The maximum atomic E-state index is 12.3. The van der Waals surface area contributed by atoms with Crippen molar-refractivity contribution in [1.82, 2.24) is 15.6 Å². The van der Waals surface area contributed by atoms with E-state index in [1.807, 2.05) is 36.4 Å². The Morgan fingerprint density at radius 3 is 2.33 bits per heavy atom. The minimum Gasteiger partial charge on any atom is -0.481 e. The van der Waals surface area contributed by atoms with E-state index in [0.29, 0.717) is 6.42 Å². The van der Waals surface area contributed by atoms with E-state index >= 15 is 0 Å². The van der Waals surface area contributed by atoms with Crippen LogP contribution >= 0.6 is 0 Å². The fourth-order valence-corrected chi connectivity index (χ4v) is 3.91. The predicted octanol–water partition coefficient (Wildman–Crippen LogP) is 3.31. The third kappa shape index (κ3) is 5.03. The quantitative estimate of drug-likeness (QED) is 0.427. The zero-order valence-corrected chi connectivity index (χ0v) is 17.7. The van der Waals surface area contributed by atoms with Gasteiger partial charge in [0.1, 0.15) is 6.61 Å². The summed E-state index contributed by atoms with van der Waals surface area (Å²) in [4.78, 5) is 39.0. The summed E-state index contributed by atoms with van der Waals surface area (Å²) in [6.45, 7) is 0.291. The first kappa shape index (κ1) is 22.1. The minimum atomic E-state index is -0.932. The second-order valence-corrected chi connectivity index (χ2v) is 7.56. The third-order valence-electron chi connectivity index (χ3n) is 5.45. The van der Waals surface area contributed by atoms with Crippen LogP contribution in [0.3, 0.4) is 0 Å². The molecule has 0 bridgehead atoms. The second kappa shape index (κ2) is 9.99. The van der Waals surface area contributed by atoms with Crippen molar-refractivity contribution < 1.29 is 28.6 Å². The van der Waals surface area contributed by atoms with Crippen molar-refractivity contribution in [3.05, 3.63) is 77.5 Å². The number of ether oxygens (including phenoxy) is 1. The Labute approximate surface area is 189 Å². The molecular weight excluding hydrogens is 426 g/mol. The lowest BCUT2D eigenvalue weighted by atomic mass is 9.98. The monoisotopic (exact) mass is 449 g/mol. The van der Waals surface area contributed by atoms with Crippen molar-refractivity contribution in [2.45, 2.75) is 25.3 Å². The molecule has 0 fully saturated rings. The van der Waals surface area contributed by atoms with E-state index in [2.05, 4.69) is 27.8 Å². The van der Waals surface area contributed by atoms with Gasteiger partial charge in [0, 0.05) is 18.9 Å². The number of oxazole rings is 1. The third-order valence-corrected chi connectivity index (χ3v) is 5.45. The number of aliphatic carboxylic acids is 1. The Morgan fingerprint density at radius 1 is 1.00 bits per heavy atom. The number of nitrogens with one attached hydrogen (secondary N) is 2. The Bertz CT molecular complexity index is 1130. The summed E-state index contributed by atoms with van der Waals surface area (Å²) < 4.78 is 10.7. The summed E-state index contributed by atoms with van der Waals surface area (Å²) in [5.41, 5.74) is 4.54. The summed E-state index contributed by atoms with van der Waals surface area (Å²) in [5, 5.41) is 13.8. The Hall–Kier alpha value is -4.14. The number of hydrogen-bond donors (Lipinski definition) is 3. The fourth-order valence-electron chi connectivity index (χ4n) is 3.91. The highest BCUT2D eigenvalue weighted by Crippen LogP contribution is 2.44. The molecule has 0 saturated carbocycles. The van der Waals surface area contributed by atoms with Crippen LogP contribution in [-0.2, 0) is 16.1 Å². The van der Waals surface area contributed by atoms with Gasteiger partial charge >= 0.3 is 12.1 Å². The summed E-state index contributed by atoms with van der Waals surface area (Å²) in [7, 11) is 0. The zero-order chi connectivity index (χ0) is 23.2. The first-order valence-electron chi connectivity index (χ1n) is 10.6. The first-order chi connectivity index (χ1) is 16.0. The van der Waals surface area contributed by atoms with E-state index in [1.54, 1.807) is 0 Å². The van der Waals surface area contributed by atoms with E-state index in [1.165, 1.54) is 0 Å². The van der Waals surface area contributed by atoms with Gasteiger partial charge in [-0.2, -0.15) is 0 Å². The van der Waals surface area contributed by atoms with E-state index in [9.17, 15) is 14.4 Å². The molecule has 3 N–H and O–H groups in total. The van der Waals surface area contributed by atoms with Gasteiger partial charge in [0.25, 0.3) is 5.91 Å². The highest BCUT2D eigenvalue weighted by molar-refractivity contribution is 5.93. The van der Waals surface area contributed by atoms with Crippen LogP contribution in [0.2, 0.25) is 0 Å². The molecule has 0 unspecified atom stereocenters. The lowest BCUT2D eigenvalue weighted by Crippen LogP contribution is -2.29. The van der Waals surface area contributed by atoms with Crippen LogP contribution in [0.4, 0.5) is 4.79 Å². The van der Waals surface area contributed by atoms with Gasteiger partial charge in [0.2, 0.25) is 0 Å². The lowest BCUT2D eigenvalue weighted by Gasteiger charge is -2.14. The molecule has 9 heteroatoms. The average Bonchev–Trinajstić information content (AvgIpc) is 3.42. The number of carboxylic acid groups (broad SMARTS) is 1. The Morgan fingerprint density at radius 2 is 1.67 bits per heavy atom. The zero-order valence-electron chi connectivity index (χ0n) is 17.7. The number of rotatable bonds is 9. The molecule has 9 nitrogen and oxygen atoms in total. The molecule has 1 aromatic heterocycles. The number of amides is 2. The van der Waals surface area contributed by atoms with Crippen molar-refractivity contribution >= 4 is 18.0 Å². The minimum absolute atomic E-state index is 0.0317. The molecule has 2 aromatic carbocycles. The number of carboxylic acids is 1. The van der Waals surface area contributed by atoms with Gasteiger partial charge in [-0.05, 0) is 28.7 Å². The molecule has 0 atom stereocenters. The normalized spacial score (nSPS) is 12.0. The number of alkyl carbamates (subject to hydrolysis) is 1. The predicted molar refractivity (Wildman–Crippen MR) is 118 cm³/mol. The van der Waals surface area contributed by atoms with Crippen LogP contribution < -0.4 is 10.6 Å². The van der Waals surface area contributed by atoms with Crippen LogP contribution in [0, 0.1) is 0 Å². The molecule has 1 heterocycles. The largest absolute Gasteiger partial charge is 0.481 e. The molecule has 170 valence electrons. The molecule has 0 aliphatic heterocycles. The molecule has 2 amide bonds. The van der Waals surface area contributed by atoms with E-state index in [4.69, 9.17) is 14.3 Å². The molecular formula is C24H23N3O6. The smallest absolute Gasteiger partial charge is 0.407 e. The fraction of sp³-hybridized carbons (Fsp3) is 0.250. The van der Waals surface area contributed by atoms with E-state index < -0.39 is 18.0 Å². The topological polar surface area (TPSA) is 131 Å². The van der Waals surface area contributed by atoms with Crippen molar-refractivity contribution in [3.8, 4) is 11.1 Å². The number of hydrogen-bond acceptors (Lipinski definition) is 6. The molecule has 1 aliphatic carbocycles. The van der Waals surface area contributed by atoms with Crippen molar-refractivity contribution in [3.63, 3.8) is 0 Å². The summed E-state index contributed by atoms with van der Waals surface area (Å²) in [6.07, 6.45) is 0.726. The van der Waals surface area contributed by atoms with E-state index in [0.717, 1.165) is 28.6 Å². The Kier molecular flexibility index (Phi) is 6.68. The summed E-state index contributed by atoms with van der Waals surface area (Å²) in [6, 6.07) is 16.1. The highest BCUT2D eigenvalue weighted by Gasteiger charge is 2.29. The van der Waals surface area contributed by atoms with Crippen LogP contribution in [0.1, 0.15) is 46.1 Å². The molecule has 4 rings (SSSR count). The van der Waals surface area contributed by atoms with Gasteiger partial charge in [0.15, 0.2) is 17.8 Å². The van der Waals surface area contributed by atoms with Crippen LogP contribution in [-0.4, -0.2) is 41.2 Å². The number of carbonyl (C=O) groups is 3. The number of nitrogens with zero attached hydrogens (tertiary/aromatic N) is 1. The highest BCUT2D eigenvalue weighted by atomic mass is 16.5. The summed E-state index contributed by atoms with van der Waals surface area (Å²) >= 11 is 0. The van der Waals surface area contributed by atoms with Gasteiger partial charge in [-0.3, -0.25) is 9.59 Å². The van der Waals surface area contributed by atoms with Crippen molar-refractivity contribution in [1.29, 1.82) is 0 Å². The first-order valence-corrected chi connectivity index (χ1v) is 10.6. The average molecular weight is 449 g/mol.